The molecule has 0 bridgehead atoms. The molecule has 0 spiro atoms. The van der Waals surface area contributed by atoms with Crippen molar-refractivity contribution in [3.8, 4) is 22.8 Å². The van der Waals surface area contributed by atoms with Crippen molar-refractivity contribution in [2.75, 3.05) is 12.1 Å². The van der Waals surface area contributed by atoms with E-state index in [0.717, 1.165) is 18.6 Å². The minimum Gasteiger partial charge on any atom is -0.454 e. The number of alkyl halides is 3. The molecular weight excluding hydrogens is 399 g/mol. The lowest BCUT2D eigenvalue weighted by Crippen LogP contribution is -2.13. The zero-order valence-electron chi connectivity index (χ0n) is 16.0. The van der Waals surface area contributed by atoms with Gasteiger partial charge in [0.25, 0.3) is 5.91 Å². The lowest BCUT2D eigenvalue weighted by atomic mass is 10.1. The Hall–Kier alpha value is -3.49. The van der Waals surface area contributed by atoms with Gasteiger partial charge < -0.3 is 14.8 Å². The summed E-state index contributed by atoms with van der Waals surface area (Å²) in [6.07, 6.45) is -3.01. The van der Waals surface area contributed by atoms with Gasteiger partial charge in [-0.25, -0.2) is 0 Å². The van der Waals surface area contributed by atoms with Crippen LogP contribution in [-0.4, -0.2) is 22.9 Å². The number of rotatable bonds is 5. The second kappa shape index (κ2) is 7.74. The van der Waals surface area contributed by atoms with Gasteiger partial charge in [0.05, 0.1) is 16.9 Å². The largest absolute Gasteiger partial charge is 0.454 e. The predicted octanol–water partition coefficient (Wildman–Crippen LogP) is 5.03. The predicted molar refractivity (Wildman–Crippen MR) is 104 cm³/mol. The number of carbonyl (C=O) groups is 1. The van der Waals surface area contributed by atoms with E-state index < -0.39 is 11.7 Å². The molecule has 9 heteroatoms. The molecule has 0 radical (unpaired) electrons. The molecule has 2 N–H and O–H groups in total. The number of amides is 1. The van der Waals surface area contributed by atoms with Crippen molar-refractivity contribution in [2.45, 2.75) is 25.9 Å². The third-order valence-corrected chi connectivity index (χ3v) is 4.70. The molecule has 1 aromatic heterocycles. The van der Waals surface area contributed by atoms with Gasteiger partial charge >= 0.3 is 6.18 Å². The standard InChI is InChI=1S/C21H18F3N3O3/c1-2-3-15-19(25-20(28)13-6-9-16-17(10-13)30-11-29-16)18(27-26-15)12-4-7-14(8-5-12)21(22,23)24/h4-10H,2-3,11H2,1H3,(H,25,28)(H,26,27). The highest BCUT2D eigenvalue weighted by molar-refractivity contribution is 6.06. The normalized spacial score (nSPS) is 12.8. The minimum absolute atomic E-state index is 0.0981. The number of nitrogens with one attached hydrogen (secondary N) is 2. The van der Waals surface area contributed by atoms with Crippen LogP contribution in [0.3, 0.4) is 0 Å². The fourth-order valence-electron chi connectivity index (χ4n) is 3.19. The number of hydrogen-bond donors (Lipinski definition) is 2. The van der Waals surface area contributed by atoms with Crippen molar-refractivity contribution >= 4 is 11.6 Å². The fourth-order valence-corrected chi connectivity index (χ4v) is 3.19. The third-order valence-electron chi connectivity index (χ3n) is 4.70. The summed E-state index contributed by atoms with van der Waals surface area (Å²) in [6.45, 7) is 2.07. The smallest absolute Gasteiger partial charge is 0.416 e. The zero-order chi connectivity index (χ0) is 21.3. The number of anilines is 1. The summed E-state index contributed by atoms with van der Waals surface area (Å²) < 4.78 is 49.1. The summed E-state index contributed by atoms with van der Waals surface area (Å²) >= 11 is 0. The van der Waals surface area contributed by atoms with Crippen LogP contribution in [0.4, 0.5) is 18.9 Å². The Morgan fingerprint density at radius 1 is 1.13 bits per heavy atom. The summed E-state index contributed by atoms with van der Waals surface area (Å²) in [5.74, 6) is 0.652. The number of carbonyl (C=O) groups excluding carboxylic acids is 1. The summed E-state index contributed by atoms with van der Waals surface area (Å²) in [4.78, 5) is 12.8. The van der Waals surface area contributed by atoms with Gasteiger partial charge in [-0.2, -0.15) is 18.3 Å². The highest BCUT2D eigenvalue weighted by Crippen LogP contribution is 2.35. The lowest BCUT2D eigenvalue weighted by Gasteiger charge is -2.10. The first-order valence-electron chi connectivity index (χ1n) is 9.32. The van der Waals surface area contributed by atoms with Gasteiger partial charge in [-0.1, -0.05) is 25.5 Å². The number of benzene rings is 2. The van der Waals surface area contributed by atoms with Gasteiger partial charge in [-0.05, 0) is 36.8 Å². The van der Waals surface area contributed by atoms with E-state index in [1.54, 1.807) is 18.2 Å². The lowest BCUT2D eigenvalue weighted by molar-refractivity contribution is -0.137. The average Bonchev–Trinajstić information content (AvgIpc) is 3.34. The monoisotopic (exact) mass is 417 g/mol. The Labute approximate surface area is 170 Å². The van der Waals surface area contributed by atoms with Crippen LogP contribution in [0.1, 0.15) is 35.0 Å². The van der Waals surface area contributed by atoms with Crippen LogP contribution in [0.15, 0.2) is 42.5 Å². The maximum atomic E-state index is 12.9. The first-order valence-corrected chi connectivity index (χ1v) is 9.32. The van der Waals surface area contributed by atoms with E-state index in [4.69, 9.17) is 9.47 Å². The van der Waals surface area contributed by atoms with Gasteiger partial charge in [0.15, 0.2) is 11.5 Å². The van der Waals surface area contributed by atoms with E-state index in [1.807, 2.05) is 6.92 Å². The number of aromatic nitrogens is 2. The van der Waals surface area contributed by atoms with E-state index in [-0.39, 0.29) is 12.7 Å². The quantitative estimate of drug-likeness (QED) is 0.611. The molecule has 2 aromatic carbocycles. The molecule has 156 valence electrons. The van der Waals surface area contributed by atoms with Crippen LogP contribution in [0.5, 0.6) is 11.5 Å². The average molecular weight is 417 g/mol. The summed E-state index contributed by atoms with van der Waals surface area (Å²) in [6, 6.07) is 9.50. The Bertz CT molecular complexity index is 1080. The summed E-state index contributed by atoms with van der Waals surface area (Å²) in [5.41, 5.74) is 1.59. The molecule has 2 heterocycles. The third kappa shape index (κ3) is 3.83. The number of halogens is 3. The van der Waals surface area contributed by atoms with Gasteiger partial charge in [-0.15, -0.1) is 0 Å². The van der Waals surface area contributed by atoms with Gasteiger partial charge in [0.1, 0.15) is 5.69 Å². The van der Waals surface area contributed by atoms with Crippen LogP contribution in [0, 0.1) is 0 Å². The van der Waals surface area contributed by atoms with Crippen LogP contribution in [0.25, 0.3) is 11.3 Å². The van der Waals surface area contributed by atoms with Crippen molar-refractivity contribution in [3.63, 3.8) is 0 Å². The van der Waals surface area contributed by atoms with Crippen molar-refractivity contribution in [1.29, 1.82) is 0 Å². The van der Waals surface area contributed by atoms with Crippen molar-refractivity contribution in [1.82, 2.24) is 10.2 Å². The molecule has 1 amide bonds. The Morgan fingerprint density at radius 2 is 1.87 bits per heavy atom. The molecule has 0 aliphatic carbocycles. The molecular formula is C21H18F3N3O3. The number of aromatic amines is 1. The molecule has 0 unspecified atom stereocenters. The number of aryl methyl sites for hydroxylation is 1. The van der Waals surface area contributed by atoms with E-state index in [0.29, 0.717) is 46.1 Å². The summed E-state index contributed by atoms with van der Waals surface area (Å²) in [5, 5.41) is 9.96. The number of ether oxygens (including phenoxy) is 2. The Kier molecular flexibility index (Phi) is 5.11. The van der Waals surface area contributed by atoms with Crippen molar-refractivity contribution in [2.24, 2.45) is 0 Å². The highest BCUT2D eigenvalue weighted by atomic mass is 19.4. The van der Waals surface area contributed by atoms with E-state index in [1.165, 1.54) is 12.1 Å². The zero-order valence-corrected chi connectivity index (χ0v) is 16.0. The highest BCUT2D eigenvalue weighted by Gasteiger charge is 2.30. The first kappa shape index (κ1) is 19.8. The second-order valence-electron chi connectivity index (χ2n) is 6.77. The number of nitrogens with zero attached hydrogens (tertiary/aromatic N) is 1. The molecule has 0 saturated carbocycles. The fraction of sp³-hybridized carbons (Fsp3) is 0.238. The topological polar surface area (TPSA) is 76.2 Å². The number of hydrogen-bond acceptors (Lipinski definition) is 4. The molecule has 0 atom stereocenters. The maximum Gasteiger partial charge on any atom is 0.416 e. The van der Waals surface area contributed by atoms with Crippen LogP contribution < -0.4 is 14.8 Å². The molecule has 30 heavy (non-hydrogen) atoms. The van der Waals surface area contributed by atoms with Gasteiger partial charge in [0.2, 0.25) is 6.79 Å². The van der Waals surface area contributed by atoms with Crippen LogP contribution >= 0.6 is 0 Å². The van der Waals surface area contributed by atoms with E-state index in [2.05, 4.69) is 15.5 Å². The van der Waals surface area contributed by atoms with Crippen molar-refractivity contribution in [3.05, 3.63) is 59.3 Å². The molecule has 0 saturated heterocycles. The van der Waals surface area contributed by atoms with Gasteiger partial charge in [-0.3, -0.25) is 9.89 Å². The van der Waals surface area contributed by atoms with E-state index >= 15 is 0 Å². The minimum atomic E-state index is -4.42. The Morgan fingerprint density at radius 3 is 2.57 bits per heavy atom. The molecule has 4 rings (SSSR count). The molecule has 3 aromatic rings. The molecule has 6 nitrogen and oxygen atoms in total. The Balaban J connectivity index is 1.65. The maximum absolute atomic E-state index is 12.9. The number of fused-ring (bicyclic) bond motifs is 1. The van der Waals surface area contributed by atoms with E-state index in [9.17, 15) is 18.0 Å². The molecule has 1 aliphatic heterocycles. The van der Waals surface area contributed by atoms with Crippen LogP contribution in [-0.2, 0) is 12.6 Å². The summed E-state index contributed by atoms with van der Waals surface area (Å²) in [7, 11) is 0. The van der Waals surface area contributed by atoms with Gasteiger partial charge in [0, 0.05) is 11.1 Å². The second-order valence-corrected chi connectivity index (χ2v) is 6.77. The van der Waals surface area contributed by atoms with Crippen LogP contribution in [0.2, 0.25) is 0 Å². The SMILES string of the molecule is CCCc1[nH]nc(-c2ccc(C(F)(F)F)cc2)c1NC(=O)c1ccc2c(c1)OCO2. The van der Waals surface area contributed by atoms with Crippen molar-refractivity contribution < 1.29 is 27.4 Å². The molecule has 0 fully saturated rings. The number of H-pyrrole nitrogens is 1. The molecule has 1 aliphatic rings. The first-order chi connectivity index (χ1) is 14.4.